The normalized spacial score (nSPS) is 24.5. The van der Waals surface area contributed by atoms with Gasteiger partial charge < -0.3 is 30.6 Å². The van der Waals surface area contributed by atoms with Crippen LogP contribution in [0, 0.1) is 16.2 Å². The van der Waals surface area contributed by atoms with Crippen LogP contribution in [0.3, 0.4) is 0 Å². The van der Waals surface area contributed by atoms with Gasteiger partial charge >= 0.3 is 0 Å². The fourth-order valence-electron chi connectivity index (χ4n) is 7.07. The largest absolute Gasteiger partial charge is 0.396 e. The molecule has 0 spiro atoms. The Bertz CT molecular complexity index is 486. The van der Waals surface area contributed by atoms with Crippen molar-refractivity contribution in [1.29, 1.82) is 0 Å². The molecular weight excluding hydrogens is 480 g/mol. The van der Waals surface area contributed by atoms with Gasteiger partial charge in [-0.25, -0.2) is 0 Å². The molecule has 0 bridgehead atoms. The molecule has 0 unspecified atom stereocenters. The predicted molar refractivity (Wildman–Crippen MR) is 156 cm³/mol. The van der Waals surface area contributed by atoms with Gasteiger partial charge in [-0.1, -0.05) is 135 Å². The molecule has 1 aliphatic carbocycles. The minimum atomic E-state index is -1.39. The summed E-state index contributed by atoms with van der Waals surface area (Å²) in [6, 6.07) is 0. The van der Waals surface area contributed by atoms with E-state index >= 15 is 0 Å². The van der Waals surface area contributed by atoms with Crippen molar-refractivity contribution in [1.82, 2.24) is 0 Å². The highest BCUT2D eigenvalue weighted by molar-refractivity contribution is 5.08. The first-order chi connectivity index (χ1) is 18.6. The topological polar surface area (TPSA) is 121 Å². The van der Waals surface area contributed by atoms with E-state index in [9.17, 15) is 30.6 Å². The van der Waals surface area contributed by atoms with E-state index in [0.717, 1.165) is 38.5 Å². The Morgan fingerprint density at radius 1 is 0.263 bits per heavy atom. The molecule has 6 heteroatoms. The number of hydrogen-bond acceptors (Lipinski definition) is 6. The lowest BCUT2D eigenvalue weighted by Gasteiger charge is -2.57. The Kier molecular flexibility index (Phi) is 20.2. The zero-order valence-corrected chi connectivity index (χ0v) is 24.7. The summed E-state index contributed by atoms with van der Waals surface area (Å²) in [5.74, 6) is 0. The third kappa shape index (κ3) is 10.6. The molecular formula is C32H64O6. The van der Waals surface area contributed by atoms with E-state index in [1.54, 1.807) is 0 Å². The summed E-state index contributed by atoms with van der Waals surface area (Å²) in [6.45, 7) is -2.66. The number of aliphatic hydroxyl groups excluding tert-OH is 6. The molecule has 38 heavy (non-hydrogen) atoms. The van der Waals surface area contributed by atoms with Crippen molar-refractivity contribution < 1.29 is 30.6 Å². The van der Waals surface area contributed by atoms with Crippen LogP contribution >= 0.6 is 0 Å². The molecule has 0 amide bonds. The zero-order chi connectivity index (χ0) is 28.0. The van der Waals surface area contributed by atoms with Gasteiger partial charge in [0.15, 0.2) is 0 Å². The molecule has 0 aromatic heterocycles. The van der Waals surface area contributed by atoms with Crippen molar-refractivity contribution in [3.63, 3.8) is 0 Å². The molecule has 0 radical (unpaired) electrons. The average molecular weight is 545 g/mol. The van der Waals surface area contributed by atoms with Crippen molar-refractivity contribution >= 4 is 0 Å². The highest BCUT2D eigenvalue weighted by Gasteiger charge is 2.61. The third-order valence-electron chi connectivity index (χ3n) is 10.1. The molecule has 0 aromatic rings. The van der Waals surface area contributed by atoms with E-state index in [0.29, 0.717) is 12.8 Å². The fourth-order valence-corrected chi connectivity index (χ4v) is 7.07. The molecule has 6 N–H and O–H groups in total. The number of aliphatic hydroxyl groups is 6. The average Bonchev–Trinajstić information content (AvgIpc) is 2.95. The van der Waals surface area contributed by atoms with Gasteiger partial charge in [0.2, 0.25) is 0 Å². The molecule has 0 atom stereocenters. The van der Waals surface area contributed by atoms with Crippen molar-refractivity contribution in [2.75, 3.05) is 39.6 Å². The SMILES string of the molecule is OCC1(CO)CCCCCCCCCCCCCCCCCCCCCCCC(CO)(CO)C1(CO)CO. The first-order valence-electron chi connectivity index (χ1n) is 16.2. The first-order valence-corrected chi connectivity index (χ1v) is 16.2. The van der Waals surface area contributed by atoms with Gasteiger partial charge in [-0.15, -0.1) is 0 Å². The maximum Gasteiger partial charge on any atom is 0.0523 e. The van der Waals surface area contributed by atoms with Gasteiger partial charge in [-0.05, 0) is 12.8 Å². The summed E-state index contributed by atoms with van der Waals surface area (Å²) >= 11 is 0. The molecule has 1 saturated carbocycles. The summed E-state index contributed by atoms with van der Waals surface area (Å²) in [5, 5.41) is 63.6. The fraction of sp³-hybridized carbons (Fsp3) is 1.00. The van der Waals surface area contributed by atoms with E-state index in [1.165, 1.54) is 96.3 Å². The first kappa shape index (κ1) is 35.8. The van der Waals surface area contributed by atoms with Gasteiger partial charge in [0.05, 0.1) is 39.6 Å². The van der Waals surface area contributed by atoms with Crippen LogP contribution in [-0.4, -0.2) is 70.3 Å². The van der Waals surface area contributed by atoms with Gasteiger partial charge in [0.25, 0.3) is 0 Å². The van der Waals surface area contributed by atoms with Crippen molar-refractivity contribution in [3.8, 4) is 0 Å². The summed E-state index contributed by atoms with van der Waals surface area (Å²) < 4.78 is 0. The molecule has 1 fully saturated rings. The Labute approximate surface area is 234 Å². The summed E-state index contributed by atoms with van der Waals surface area (Å²) in [7, 11) is 0. The van der Waals surface area contributed by atoms with E-state index in [-0.39, 0.29) is 0 Å². The van der Waals surface area contributed by atoms with Crippen molar-refractivity contribution in [2.45, 2.75) is 148 Å². The lowest BCUT2D eigenvalue weighted by Crippen LogP contribution is -2.64. The lowest BCUT2D eigenvalue weighted by atomic mass is 9.49. The molecule has 0 saturated heterocycles. The molecule has 6 nitrogen and oxygen atoms in total. The highest BCUT2D eigenvalue weighted by atomic mass is 16.3. The second kappa shape index (κ2) is 21.5. The Hall–Kier alpha value is -0.240. The zero-order valence-electron chi connectivity index (χ0n) is 24.7. The smallest absolute Gasteiger partial charge is 0.0523 e. The molecule has 0 aromatic carbocycles. The number of rotatable bonds is 6. The highest BCUT2D eigenvalue weighted by Crippen LogP contribution is 2.56. The van der Waals surface area contributed by atoms with Gasteiger partial charge in [-0.2, -0.15) is 0 Å². The predicted octanol–water partition coefficient (Wildman–Crippen LogP) is 5.89. The Balaban J connectivity index is 2.91. The van der Waals surface area contributed by atoms with Crippen molar-refractivity contribution in [2.24, 2.45) is 16.2 Å². The van der Waals surface area contributed by atoms with Gasteiger partial charge in [0.1, 0.15) is 0 Å². The van der Waals surface area contributed by atoms with Gasteiger partial charge in [-0.3, -0.25) is 0 Å². The molecule has 1 rings (SSSR count). The second-order valence-electron chi connectivity index (χ2n) is 12.5. The van der Waals surface area contributed by atoms with E-state index < -0.39 is 55.9 Å². The molecule has 0 aliphatic heterocycles. The second-order valence-corrected chi connectivity index (χ2v) is 12.5. The van der Waals surface area contributed by atoms with Crippen LogP contribution < -0.4 is 0 Å². The lowest BCUT2D eigenvalue weighted by molar-refractivity contribution is -0.214. The van der Waals surface area contributed by atoms with Crippen LogP contribution in [-0.2, 0) is 0 Å². The minimum Gasteiger partial charge on any atom is -0.396 e. The summed E-state index contributed by atoms with van der Waals surface area (Å²) in [5.41, 5.74) is -3.77. The van der Waals surface area contributed by atoms with Crippen molar-refractivity contribution in [3.05, 3.63) is 0 Å². The van der Waals surface area contributed by atoms with Crippen LogP contribution in [0.5, 0.6) is 0 Å². The summed E-state index contributed by atoms with van der Waals surface area (Å²) in [6.07, 6.45) is 26.1. The van der Waals surface area contributed by atoms with Gasteiger partial charge in [0, 0.05) is 16.2 Å². The van der Waals surface area contributed by atoms with E-state index in [4.69, 9.17) is 0 Å². The van der Waals surface area contributed by atoms with Crippen LogP contribution in [0.1, 0.15) is 148 Å². The Morgan fingerprint density at radius 2 is 0.447 bits per heavy atom. The minimum absolute atomic E-state index is 0.410. The summed E-state index contributed by atoms with van der Waals surface area (Å²) in [4.78, 5) is 0. The molecule has 1 aliphatic rings. The maximum absolute atomic E-state index is 10.7. The van der Waals surface area contributed by atoms with E-state index in [2.05, 4.69) is 0 Å². The third-order valence-corrected chi connectivity index (χ3v) is 10.1. The quantitative estimate of drug-likeness (QED) is 0.248. The van der Waals surface area contributed by atoms with Crippen LogP contribution in [0.4, 0.5) is 0 Å². The maximum atomic E-state index is 10.7. The van der Waals surface area contributed by atoms with E-state index in [1.807, 2.05) is 0 Å². The molecule has 228 valence electrons. The van der Waals surface area contributed by atoms with Crippen LogP contribution in [0.2, 0.25) is 0 Å². The van der Waals surface area contributed by atoms with Crippen LogP contribution in [0.25, 0.3) is 0 Å². The standard InChI is InChI=1S/C32H64O6/c33-24-30(25-34)22-20-18-16-14-12-10-8-6-4-2-1-3-5-7-9-11-13-15-17-19-21-23-31(26-35,27-36)32(30,28-37)29-38/h33-38H,1-29H2. The monoisotopic (exact) mass is 544 g/mol. The number of hydrogen-bond donors (Lipinski definition) is 6. The Morgan fingerprint density at radius 3 is 0.605 bits per heavy atom. The van der Waals surface area contributed by atoms with Crippen LogP contribution in [0.15, 0.2) is 0 Å². The molecule has 0 heterocycles.